The van der Waals surface area contributed by atoms with Gasteiger partial charge in [0.15, 0.2) is 0 Å². The first-order valence-corrected chi connectivity index (χ1v) is 6.90. The maximum atomic E-state index is 6.07. The molecule has 0 radical (unpaired) electrons. The third kappa shape index (κ3) is 2.43. The van der Waals surface area contributed by atoms with Crippen LogP contribution in [0.15, 0.2) is 48.5 Å². The molecule has 1 aliphatic rings. The van der Waals surface area contributed by atoms with Gasteiger partial charge in [0.25, 0.3) is 0 Å². The van der Waals surface area contributed by atoms with Crippen LogP contribution in [0.25, 0.3) is 0 Å². The maximum Gasteiger partial charge on any atom is 0.0450 e. The SMILES string of the molecule is CC1Cc2ccccc2N(Cc2ccccc2N)C1. The predicted octanol–water partition coefficient (Wildman–Crippen LogP) is 3.47. The van der Waals surface area contributed by atoms with Gasteiger partial charge >= 0.3 is 0 Å². The first-order chi connectivity index (χ1) is 9.24. The van der Waals surface area contributed by atoms with Crippen LogP contribution in [0.4, 0.5) is 11.4 Å². The van der Waals surface area contributed by atoms with Gasteiger partial charge < -0.3 is 10.6 Å². The Morgan fingerprint density at radius 1 is 1.11 bits per heavy atom. The van der Waals surface area contributed by atoms with E-state index in [0.717, 1.165) is 18.8 Å². The number of para-hydroxylation sites is 2. The Hall–Kier alpha value is -1.96. The summed E-state index contributed by atoms with van der Waals surface area (Å²) in [7, 11) is 0. The van der Waals surface area contributed by atoms with Crippen LogP contribution < -0.4 is 10.6 Å². The fraction of sp³-hybridized carbons (Fsp3) is 0.294. The lowest BCUT2D eigenvalue weighted by atomic mass is 9.93. The van der Waals surface area contributed by atoms with Crippen LogP contribution in [-0.2, 0) is 13.0 Å². The van der Waals surface area contributed by atoms with E-state index in [1.165, 1.54) is 23.2 Å². The van der Waals surface area contributed by atoms with E-state index in [1.54, 1.807) is 0 Å². The van der Waals surface area contributed by atoms with Crippen molar-refractivity contribution in [3.05, 3.63) is 59.7 Å². The topological polar surface area (TPSA) is 29.3 Å². The molecule has 2 heteroatoms. The van der Waals surface area contributed by atoms with Crippen LogP contribution in [-0.4, -0.2) is 6.54 Å². The average Bonchev–Trinajstić information content (AvgIpc) is 2.41. The number of nitrogens with zero attached hydrogens (tertiary/aromatic N) is 1. The number of anilines is 2. The van der Waals surface area contributed by atoms with Gasteiger partial charge in [-0.1, -0.05) is 43.3 Å². The normalized spacial score (nSPS) is 18.2. The summed E-state index contributed by atoms with van der Waals surface area (Å²) in [5.74, 6) is 0.694. The fourth-order valence-electron chi connectivity index (χ4n) is 2.94. The lowest BCUT2D eigenvalue weighted by molar-refractivity contribution is 0.530. The van der Waals surface area contributed by atoms with Crippen molar-refractivity contribution in [1.29, 1.82) is 0 Å². The van der Waals surface area contributed by atoms with Gasteiger partial charge in [-0.05, 0) is 35.6 Å². The van der Waals surface area contributed by atoms with Crippen LogP contribution in [0.2, 0.25) is 0 Å². The minimum Gasteiger partial charge on any atom is -0.398 e. The van der Waals surface area contributed by atoms with Crippen molar-refractivity contribution in [2.45, 2.75) is 19.9 Å². The number of hydrogen-bond acceptors (Lipinski definition) is 2. The van der Waals surface area contributed by atoms with E-state index in [9.17, 15) is 0 Å². The van der Waals surface area contributed by atoms with E-state index in [1.807, 2.05) is 12.1 Å². The van der Waals surface area contributed by atoms with Gasteiger partial charge in [-0.2, -0.15) is 0 Å². The molecule has 0 saturated carbocycles. The Labute approximate surface area is 114 Å². The Balaban J connectivity index is 1.91. The second-order valence-electron chi connectivity index (χ2n) is 5.52. The summed E-state index contributed by atoms with van der Waals surface area (Å²) in [4.78, 5) is 2.45. The van der Waals surface area contributed by atoms with E-state index in [4.69, 9.17) is 5.73 Å². The van der Waals surface area contributed by atoms with Crippen LogP contribution in [0.5, 0.6) is 0 Å². The Bertz CT molecular complexity index is 577. The van der Waals surface area contributed by atoms with Gasteiger partial charge in [0.05, 0.1) is 0 Å². The standard InChI is InChI=1S/C17H20N2/c1-13-10-14-6-3-5-9-17(14)19(11-13)12-15-7-2-4-8-16(15)18/h2-9,13H,10-12,18H2,1H3. The Morgan fingerprint density at radius 3 is 2.68 bits per heavy atom. The highest BCUT2D eigenvalue weighted by Gasteiger charge is 2.21. The molecule has 0 spiro atoms. The second-order valence-corrected chi connectivity index (χ2v) is 5.52. The van der Waals surface area contributed by atoms with Crippen molar-refractivity contribution < 1.29 is 0 Å². The quantitative estimate of drug-likeness (QED) is 0.829. The highest BCUT2D eigenvalue weighted by molar-refractivity contribution is 5.57. The third-order valence-corrected chi connectivity index (χ3v) is 3.85. The number of rotatable bonds is 2. The smallest absolute Gasteiger partial charge is 0.0450 e. The second kappa shape index (κ2) is 4.96. The zero-order valence-corrected chi connectivity index (χ0v) is 11.3. The lowest BCUT2D eigenvalue weighted by Gasteiger charge is -2.35. The highest BCUT2D eigenvalue weighted by atomic mass is 15.1. The molecule has 1 atom stereocenters. The first-order valence-electron chi connectivity index (χ1n) is 6.90. The van der Waals surface area contributed by atoms with E-state index in [2.05, 4.69) is 48.2 Å². The van der Waals surface area contributed by atoms with Crippen molar-refractivity contribution in [2.75, 3.05) is 17.2 Å². The molecule has 0 bridgehead atoms. The van der Waals surface area contributed by atoms with Crippen LogP contribution in [0.1, 0.15) is 18.1 Å². The highest BCUT2D eigenvalue weighted by Crippen LogP contribution is 2.31. The lowest BCUT2D eigenvalue weighted by Crippen LogP contribution is -2.33. The van der Waals surface area contributed by atoms with Crippen molar-refractivity contribution >= 4 is 11.4 Å². The molecule has 0 fully saturated rings. The van der Waals surface area contributed by atoms with E-state index in [-0.39, 0.29) is 0 Å². The van der Waals surface area contributed by atoms with Gasteiger partial charge in [-0.15, -0.1) is 0 Å². The number of benzene rings is 2. The average molecular weight is 252 g/mol. The molecule has 0 amide bonds. The molecule has 1 unspecified atom stereocenters. The number of nitrogen functional groups attached to an aromatic ring is 1. The summed E-state index contributed by atoms with van der Waals surface area (Å²) in [6.07, 6.45) is 1.18. The number of fused-ring (bicyclic) bond motifs is 1. The minimum atomic E-state index is 0.694. The van der Waals surface area contributed by atoms with Crippen molar-refractivity contribution in [3.8, 4) is 0 Å². The van der Waals surface area contributed by atoms with Crippen LogP contribution in [0.3, 0.4) is 0 Å². The number of nitrogens with two attached hydrogens (primary N) is 1. The summed E-state index contributed by atoms with van der Waals surface area (Å²) in [5.41, 5.74) is 11.0. The summed E-state index contributed by atoms with van der Waals surface area (Å²) in [5, 5.41) is 0. The zero-order chi connectivity index (χ0) is 13.2. The largest absolute Gasteiger partial charge is 0.398 e. The summed E-state index contributed by atoms with van der Waals surface area (Å²) < 4.78 is 0. The maximum absolute atomic E-state index is 6.07. The zero-order valence-electron chi connectivity index (χ0n) is 11.3. The molecule has 2 aromatic rings. The summed E-state index contributed by atoms with van der Waals surface area (Å²) in [6.45, 7) is 4.32. The van der Waals surface area contributed by atoms with Gasteiger partial charge in [0.1, 0.15) is 0 Å². The third-order valence-electron chi connectivity index (χ3n) is 3.85. The van der Waals surface area contributed by atoms with Gasteiger partial charge in [-0.25, -0.2) is 0 Å². The van der Waals surface area contributed by atoms with Gasteiger partial charge in [0, 0.05) is 24.5 Å². The molecular weight excluding hydrogens is 232 g/mol. The number of hydrogen-bond donors (Lipinski definition) is 1. The van der Waals surface area contributed by atoms with E-state index >= 15 is 0 Å². The molecule has 19 heavy (non-hydrogen) atoms. The van der Waals surface area contributed by atoms with Gasteiger partial charge in [-0.3, -0.25) is 0 Å². The van der Waals surface area contributed by atoms with E-state index < -0.39 is 0 Å². The van der Waals surface area contributed by atoms with Crippen molar-refractivity contribution in [2.24, 2.45) is 5.92 Å². The summed E-state index contributed by atoms with van der Waals surface area (Å²) >= 11 is 0. The van der Waals surface area contributed by atoms with Crippen LogP contribution in [0, 0.1) is 5.92 Å². The molecule has 2 N–H and O–H groups in total. The molecule has 0 aliphatic carbocycles. The molecule has 2 nitrogen and oxygen atoms in total. The fourth-order valence-corrected chi connectivity index (χ4v) is 2.94. The predicted molar refractivity (Wildman–Crippen MR) is 81.2 cm³/mol. The molecule has 2 aromatic carbocycles. The van der Waals surface area contributed by atoms with E-state index in [0.29, 0.717) is 5.92 Å². The molecule has 1 aliphatic heterocycles. The first kappa shape index (κ1) is 12.1. The summed E-state index contributed by atoms with van der Waals surface area (Å²) in [6, 6.07) is 16.9. The van der Waals surface area contributed by atoms with Crippen LogP contribution >= 0.6 is 0 Å². The monoisotopic (exact) mass is 252 g/mol. The molecule has 98 valence electrons. The minimum absolute atomic E-state index is 0.694. The van der Waals surface area contributed by atoms with Crippen molar-refractivity contribution in [1.82, 2.24) is 0 Å². The Kier molecular flexibility index (Phi) is 3.16. The molecule has 0 saturated heterocycles. The van der Waals surface area contributed by atoms with Crippen molar-refractivity contribution in [3.63, 3.8) is 0 Å². The van der Waals surface area contributed by atoms with Gasteiger partial charge in [0.2, 0.25) is 0 Å². The molecule has 1 heterocycles. The molecular formula is C17H20N2. The molecule has 3 rings (SSSR count). The molecule has 0 aromatic heterocycles. The Morgan fingerprint density at radius 2 is 1.84 bits per heavy atom.